The fourth-order valence-electron chi connectivity index (χ4n) is 3.24. The van der Waals surface area contributed by atoms with E-state index in [1.807, 2.05) is 20.8 Å². The quantitative estimate of drug-likeness (QED) is 0.435. The maximum atomic E-state index is 14.3. The van der Waals surface area contributed by atoms with Crippen LogP contribution in [0.2, 0.25) is 0 Å². The number of hydrogen-bond donors (Lipinski definition) is 1. The fourth-order valence-corrected chi connectivity index (χ4v) is 3.24. The highest BCUT2D eigenvalue weighted by molar-refractivity contribution is 5.80. The molecule has 0 unspecified atom stereocenters. The molecule has 0 saturated carbocycles. The normalized spacial score (nSPS) is 15.3. The molecule has 2 aromatic rings. The second-order valence-corrected chi connectivity index (χ2v) is 8.46. The van der Waals surface area contributed by atoms with E-state index in [2.05, 4.69) is 15.1 Å². The summed E-state index contributed by atoms with van der Waals surface area (Å²) in [4.78, 5) is 22.2. The Bertz CT molecular complexity index is 920. The summed E-state index contributed by atoms with van der Waals surface area (Å²) in [5.74, 6) is -0.174. The average molecular weight is 430 g/mol. The zero-order valence-corrected chi connectivity index (χ0v) is 17.9. The van der Waals surface area contributed by atoms with Crippen LogP contribution in [0.5, 0.6) is 6.01 Å². The summed E-state index contributed by atoms with van der Waals surface area (Å²) < 4.78 is 25.4. The third kappa shape index (κ3) is 6.37. The summed E-state index contributed by atoms with van der Waals surface area (Å²) in [5.41, 5.74) is 0.806. The van der Waals surface area contributed by atoms with Crippen LogP contribution in [-0.2, 0) is 4.74 Å². The van der Waals surface area contributed by atoms with Crippen LogP contribution < -0.4 is 4.74 Å². The van der Waals surface area contributed by atoms with Gasteiger partial charge in [-0.25, -0.2) is 19.2 Å². The topological polar surface area (TPSA) is 97.1 Å². The van der Waals surface area contributed by atoms with Gasteiger partial charge in [-0.3, -0.25) is 0 Å². The van der Waals surface area contributed by atoms with Gasteiger partial charge in [-0.15, -0.1) is 0 Å². The molecule has 166 valence electrons. The molecule has 0 bridgehead atoms. The Hall–Kier alpha value is -3.23. The van der Waals surface area contributed by atoms with Crippen LogP contribution in [0.15, 0.2) is 35.7 Å². The van der Waals surface area contributed by atoms with Crippen molar-refractivity contribution in [2.75, 3.05) is 19.7 Å². The van der Waals surface area contributed by atoms with Crippen molar-refractivity contribution in [3.05, 3.63) is 42.0 Å². The Balaban J connectivity index is 1.50. The van der Waals surface area contributed by atoms with Gasteiger partial charge in [0.1, 0.15) is 11.4 Å². The van der Waals surface area contributed by atoms with Crippen LogP contribution in [0.1, 0.15) is 39.2 Å². The van der Waals surface area contributed by atoms with Crippen LogP contribution in [0.4, 0.5) is 9.18 Å². The highest BCUT2D eigenvalue weighted by Crippen LogP contribution is 2.24. The molecule has 0 atom stereocenters. The van der Waals surface area contributed by atoms with E-state index < -0.39 is 11.4 Å². The lowest BCUT2D eigenvalue weighted by Crippen LogP contribution is -2.42. The van der Waals surface area contributed by atoms with Gasteiger partial charge >= 0.3 is 12.1 Å². The SMILES string of the molecule is CC(C)(C)OC(=O)N1CCC(COc2ncc(-c3ccc(/C=N/O)cc3F)cn2)CC1. The summed E-state index contributed by atoms with van der Waals surface area (Å²) in [7, 11) is 0. The van der Waals surface area contributed by atoms with E-state index in [-0.39, 0.29) is 12.1 Å². The lowest BCUT2D eigenvalue weighted by Gasteiger charge is -2.33. The monoisotopic (exact) mass is 430 g/mol. The zero-order valence-electron chi connectivity index (χ0n) is 17.9. The van der Waals surface area contributed by atoms with Crippen molar-refractivity contribution in [2.24, 2.45) is 11.1 Å². The molecule has 8 nitrogen and oxygen atoms in total. The molecule has 1 aliphatic heterocycles. The molecule has 1 N–H and O–H groups in total. The van der Waals surface area contributed by atoms with E-state index in [1.54, 1.807) is 17.0 Å². The summed E-state index contributed by atoms with van der Waals surface area (Å²) >= 11 is 0. The first-order chi connectivity index (χ1) is 14.7. The van der Waals surface area contributed by atoms with E-state index in [4.69, 9.17) is 14.7 Å². The third-order valence-electron chi connectivity index (χ3n) is 4.85. The Kier molecular flexibility index (Phi) is 7.04. The molecule has 0 aliphatic carbocycles. The number of rotatable bonds is 5. The standard InChI is InChI=1S/C22H27FN4O4/c1-22(2,3)31-21(28)27-8-6-15(7-9-27)14-30-20-24-12-17(13-25-20)18-5-4-16(11-26-29)10-19(18)23/h4-5,10-13,15,29H,6-9,14H2,1-3H3/b26-11+. The van der Waals surface area contributed by atoms with Gasteiger partial charge in [0.05, 0.1) is 12.8 Å². The number of halogens is 1. The number of likely N-dealkylation sites (tertiary alicyclic amines) is 1. The molecule has 0 radical (unpaired) electrons. The molecule has 0 spiro atoms. The Morgan fingerprint density at radius 2 is 1.97 bits per heavy atom. The molecular weight excluding hydrogens is 403 g/mol. The zero-order chi connectivity index (χ0) is 22.4. The van der Waals surface area contributed by atoms with Gasteiger partial charge in [-0.1, -0.05) is 17.3 Å². The molecule has 1 aromatic carbocycles. The van der Waals surface area contributed by atoms with E-state index >= 15 is 0 Å². The second-order valence-electron chi connectivity index (χ2n) is 8.46. The molecule has 3 rings (SSSR count). The minimum atomic E-state index is -0.501. The summed E-state index contributed by atoms with van der Waals surface area (Å²) in [6.45, 7) is 7.26. The van der Waals surface area contributed by atoms with Crippen molar-refractivity contribution in [2.45, 2.75) is 39.2 Å². The number of nitrogens with zero attached hydrogens (tertiary/aromatic N) is 4. The molecule has 1 aromatic heterocycles. The predicted molar refractivity (Wildman–Crippen MR) is 113 cm³/mol. The minimum absolute atomic E-state index is 0.225. The molecule has 2 heterocycles. The van der Waals surface area contributed by atoms with Crippen LogP contribution >= 0.6 is 0 Å². The fraction of sp³-hybridized carbons (Fsp3) is 0.455. The number of carbonyl (C=O) groups excluding carboxylic acids is 1. The Morgan fingerprint density at radius 3 is 2.55 bits per heavy atom. The molecule has 1 amide bonds. The molecule has 31 heavy (non-hydrogen) atoms. The van der Waals surface area contributed by atoms with Crippen molar-refractivity contribution >= 4 is 12.3 Å². The van der Waals surface area contributed by atoms with Crippen molar-refractivity contribution in [3.63, 3.8) is 0 Å². The number of oxime groups is 1. The number of aromatic nitrogens is 2. The van der Waals surface area contributed by atoms with Gasteiger partial charge in [0.25, 0.3) is 0 Å². The molecule has 1 saturated heterocycles. The molecule has 1 aliphatic rings. The largest absolute Gasteiger partial charge is 0.463 e. The molecule has 1 fully saturated rings. The summed E-state index contributed by atoms with van der Waals surface area (Å²) in [6.07, 6.45) is 5.50. The first-order valence-corrected chi connectivity index (χ1v) is 10.2. The van der Waals surface area contributed by atoms with Crippen LogP contribution in [0.3, 0.4) is 0 Å². The van der Waals surface area contributed by atoms with Crippen LogP contribution in [0, 0.1) is 11.7 Å². The van der Waals surface area contributed by atoms with Gasteiger partial charge in [-0.05, 0) is 51.2 Å². The van der Waals surface area contributed by atoms with Gasteiger partial charge in [0.15, 0.2) is 0 Å². The van der Waals surface area contributed by atoms with E-state index in [9.17, 15) is 9.18 Å². The second kappa shape index (κ2) is 9.72. The minimum Gasteiger partial charge on any atom is -0.463 e. The van der Waals surface area contributed by atoms with E-state index in [0.717, 1.165) is 19.1 Å². The van der Waals surface area contributed by atoms with Gasteiger partial charge < -0.3 is 19.6 Å². The lowest BCUT2D eigenvalue weighted by atomic mass is 9.98. The van der Waals surface area contributed by atoms with Crippen LogP contribution in [-0.4, -0.2) is 57.7 Å². The van der Waals surface area contributed by atoms with Gasteiger partial charge in [0.2, 0.25) is 0 Å². The van der Waals surface area contributed by atoms with Crippen molar-refractivity contribution < 1.29 is 23.9 Å². The van der Waals surface area contributed by atoms with Gasteiger partial charge in [-0.2, -0.15) is 0 Å². The average Bonchev–Trinajstić information content (AvgIpc) is 2.72. The maximum absolute atomic E-state index is 14.3. The third-order valence-corrected chi connectivity index (χ3v) is 4.85. The number of benzene rings is 1. The van der Waals surface area contributed by atoms with Crippen molar-refractivity contribution in [1.82, 2.24) is 14.9 Å². The first-order valence-electron chi connectivity index (χ1n) is 10.2. The summed E-state index contributed by atoms with van der Waals surface area (Å²) in [6, 6.07) is 4.70. The van der Waals surface area contributed by atoms with E-state index in [1.165, 1.54) is 18.5 Å². The van der Waals surface area contributed by atoms with Gasteiger partial charge in [0, 0.05) is 36.6 Å². The smallest absolute Gasteiger partial charge is 0.410 e. The summed E-state index contributed by atoms with van der Waals surface area (Å²) in [5, 5.41) is 11.4. The number of carbonyl (C=O) groups is 1. The number of ether oxygens (including phenoxy) is 2. The van der Waals surface area contributed by atoms with Crippen molar-refractivity contribution in [1.29, 1.82) is 0 Å². The van der Waals surface area contributed by atoms with E-state index in [0.29, 0.717) is 42.3 Å². The maximum Gasteiger partial charge on any atom is 0.410 e. The highest BCUT2D eigenvalue weighted by atomic mass is 19.1. The first kappa shape index (κ1) is 22.5. The predicted octanol–water partition coefficient (Wildman–Crippen LogP) is 4.12. The Morgan fingerprint density at radius 1 is 1.29 bits per heavy atom. The van der Waals surface area contributed by atoms with Crippen molar-refractivity contribution in [3.8, 4) is 17.1 Å². The number of piperidine rings is 1. The molecular formula is C22H27FN4O4. The number of amides is 1. The molecule has 9 heteroatoms. The Labute approximate surface area is 180 Å². The highest BCUT2D eigenvalue weighted by Gasteiger charge is 2.27. The van der Waals surface area contributed by atoms with Crippen LogP contribution in [0.25, 0.3) is 11.1 Å². The number of hydrogen-bond acceptors (Lipinski definition) is 7. The lowest BCUT2D eigenvalue weighted by molar-refractivity contribution is 0.0163.